The molecule has 2 aromatic rings. The highest BCUT2D eigenvalue weighted by atomic mass is 35.5. The van der Waals surface area contributed by atoms with E-state index < -0.39 is 11.6 Å². The van der Waals surface area contributed by atoms with Gasteiger partial charge in [0.2, 0.25) is 0 Å². The summed E-state index contributed by atoms with van der Waals surface area (Å²) in [5, 5.41) is 0.887. The van der Waals surface area contributed by atoms with Gasteiger partial charge in [-0.2, -0.15) is 0 Å². The molecule has 0 aliphatic heterocycles. The average Bonchev–Trinajstić information content (AvgIpc) is 2.99. The molecule has 0 amide bonds. The Kier molecular flexibility index (Phi) is 6.52. The van der Waals surface area contributed by atoms with Crippen LogP contribution in [0.3, 0.4) is 0 Å². The molecule has 1 aromatic carbocycles. The Morgan fingerprint density at radius 3 is 2.44 bits per heavy atom. The number of hydrogen-bond acceptors (Lipinski definition) is 4. The minimum absolute atomic E-state index is 0.0798. The van der Waals surface area contributed by atoms with Crippen LogP contribution in [-0.4, -0.2) is 31.5 Å². The van der Waals surface area contributed by atoms with Crippen LogP contribution in [0.5, 0.6) is 0 Å². The van der Waals surface area contributed by atoms with Gasteiger partial charge in [-0.25, -0.2) is 4.79 Å². The second-order valence-corrected chi connectivity index (χ2v) is 6.65. The minimum atomic E-state index is -0.815. The molecule has 0 bridgehead atoms. The van der Waals surface area contributed by atoms with E-state index in [2.05, 4.69) is 4.98 Å². The summed E-state index contributed by atoms with van der Waals surface area (Å²) in [6.07, 6.45) is 1.69. The van der Waals surface area contributed by atoms with Gasteiger partial charge in [-0.15, -0.1) is 0 Å². The fraction of sp³-hybridized carbons (Fsp3) is 0.389. The number of rotatable bonds is 7. The number of H-pyrrole nitrogens is 1. The molecule has 1 heterocycles. The summed E-state index contributed by atoms with van der Waals surface area (Å²) in [5.74, 6) is -0.473. The standard InChI is InChI=1S/C18H21Cl2NO4/c1-5-24-17(22)15-11(14-12(19)7-6-8-13(14)20)9-21-16(15)18(2,3)25-10-23-4/h6-9,21H,5,10H2,1-4H3. The summed E-state index contributed by atoms with van der Waals surface area (Å²) in [6.45, 7) is 5.74. The first-order chi connectivity index (χ1) is 11.8. The van der Waals surface area contributed by atoms with Crippen LogP contribution in [0.2, 0.25) is 10.0 Å². The van der Waals surface area contributed by atoms with Gasteiger partial charge in [0.05, 0.1) is 17.9 Å². The molecule has 0 atom stereocenters. The monoisotopic (exact) mass is 385 g/mol. The lowest BCUT2D eigenvalue weighted by molar-refractivity contribution is -0.120. The van der Waals surface area contributed by atoms with Gasteiger partial charge < -0.3 is 19.2 Å². The maximum absolute atomic E-state index is 12.6. The second kappa shape index (κ2) is 8.23. The Morgan fingerprint density at radius 1 is 1.24 bits per heavy atom. The first-order valence-corrected chi connectivity index (χ1v) is 8.55. The molecule has 0 saturated heterocycles. The van der Waals surface area contributed by atoms with Crippen molar-refractivity contribution in [2.24, 2.45) is 0 Å². The van der Waals surface area contributed by atoms with Crippen LogP contribution in [0.1, 0.15) is 36.8 Å². The average molecular weight is 386 g/mol. The molecule has 0 saturated carbocycles. The van der Waals surface area contributed by atoms with E-state index >= 15 is 0 Å². The number of ether oxygens (including phenoxy) is 3. The molecular formula is C18H21Cl2NO4. The van der Waals surface area contributed by atoms with Crippen molar-refractivity contribution in [2.75, 3.05) is 20.5 Å². The lowest BCUT2D eigenvalue weighted by Gasteiger charge is -2.25. The zero-order valence-electron chi connectivity index (χ0n) is 14.6. The van der Waals surface area contributed by atoms with Crippen molar-refractivity contribution in [3.05, 3.63) is 45.7 Å². The largest absolute Gasteiger partial charge is 0.462 e. The molecule has 2 rings (SSSR count). The predicted octanol–water partition coefficient (Wildman–Crippen LogP) is 5.02. The number of methoxy groups -OCH3 is 1. The predicted molar refractivity (Wildman–Crippen MR) is 98.2 cm³/mol. The van der Waals surface area contributed by atoms with Crippen molar-refractivity contribution in [3.63, 3.8) is 0 Å². The number of benzene rings is 1. The first kappa shape index (κ1) is 19.8. The zero-order valence-corrected chi connectivity index (χ0v) is 16.1. The number of esters is 1. The molecule has 0 spiro atoms. The van der Waals surface area contributed by atoms with Crippen molar-refractivity contribution >= 4 is 29.2 Å². The molecule has 0 aliphatic rings. The summed E-state index contributed by atoms with van der Waals surface area (Å²) in [6, 6.07) is 5.19. The van der Waals surface area contributed by atoms with Gasteiger partial charge in [-0.05, 0) is 32.9 Å². The number of aromatic amines is 1. The van der Waals surface area contributed by atoms with Gasteiger partial charge in [0.1, 0.15) is 12.4 Å². The normalized spacial score (nSPS) is 11.6. The van der Waals surface area contributed by atoms with Crippen LogP contribution in [0, 0.1) is 0 Å². The first-order valence-electron chi connectivity index (χ1n) is 7.79. The summed E-state index contributed by atoms with van der Waals surface area (Å²) < 4.78 is 15.9. The number of nitrogens with one attached hydrogen (secondary N) is 1. The van der Waals surface area contributed by atoms with Gasteiger partial charge in [-0.1, -0.05) is 29.3 Å². The van der Waals surface area contributed by atoms with Crippen molar-refractivity contribution in [1.82, 2.24) is 4.98 Å². The Bertz CT molecular complexity index is 735. The van der Waals surface area contributed by atoms with E-state index in [0.29, 0.717) is 32.4 Å². The molecule has 0 fully saturated rings. The maximum Gasteiger partial charge on any atom is 0.340 e. The topological polar surface area (TPSA) is 60.6 Å². The van der Waals surface area contributed by atoms with E-state index in [0.717, 1.165) is 0 Å². The molecular weight excluding hydrogens is 365 g/mol. The highest BCUT2D eigenvalue weighted by Gasteiger charge is 2.33. The number of hydrogen-bond donors (Lipinski definition) is 1. The minimum Gasteiger partial charge on any atom is -0.462 e. The molecule has 5 nitrogen and oxygen atoms in total. The second-order valence-electron chi connectivity index (χ2n) is 5.83. The zero-order chi connectivity index (χ0) is 18.6. The number of aromatic nitrogens is 1. The summed E-state index contributed by atoms with van der Waals surface area (Å²) in [5.41, 5.74) is 1.23. The van der Waals surface area contributed by atoms with Crippen molar-refractivity contribution < 1.29 is 19.0 Å². The molecule has 1 aromatic heterocycles. The lowest BCUT2D eigenvalue weighted by Crippen LogP contribution is -2.26. The molecule has 0 unspecified atom stereocenters. The van der Waals surface area contributed by atoms with Gasteiger partial charge in [0.25, 0.3) is 0 Å². The molecule has 7 heteroatoms. The van der Waals surface area contributed by atoms with Gasteiger partial charge in [-0.3, -0.25) is 0 Å². The number of carbonyl (C=O) groups is 1. The molecule has 136 valence electrons. The van der Waals surface area contributed by atoms with Gasteiger partial charge >= 0.3 is 5.97 Å². The molecule has 1 N–H and O–H groups in total. The third kappa shape index (κ3) is 4.18. The lowest BCUT2D eigenvalue weighted by atomic mass is 9.95. The summed E-state index contributed by atoms with van der Waals surface area (Å²) in [4.78, 5) is 15.8. The summed E-state index contributed by atoms with van der Waals surface area (Å²) >= 11 is 12.6. The van der Waals surface area contributed by atoms with E-state index in [4.69, 9.17) is 37.4 Å². The molecule has 0 aliphatic carbocycles. The third-order valence-electron chi connectivity index (χ3n) is 3.73. The van der Waals surface area contributed by atoms with Crippen LogP contribution >= 0.6 is 23.2 Å². The highest BCUT2D eigenvalue weighted by Crippen LogP contribution is 2.40. The van der Waals surface area contributed by atoms with Crippen LogP contribution < -0.4 is 0 Å². The van der Waals surface area contributed by atoms with E-state index in [-0.39, 0.29) is 13.4 Å². The van der Waals surface area contributed by atoms with E-state index in [9.17, 15) is 4.79 Å². The third-order valence-corrected chi connectivity index (χ3v) is 4.36. The fourth-order valence-corrected chi connectivity index (χ4v) is 3.15. The van der Waals surface area contributed by atoms with Crippen molar-refractivity contribution in [3.8, 4) is 11.1 Å². The Balaban J connectivity index is 2.64. The van der Waals surface area contributed by atoms with Crippen LogP contribution in [0.15, 0.2) is 24.4 Å². The summed E-state index contributed by atoms with van der Waals surface area (Å²) in [7, 11) is 1.53. The van der Waals surface area contributed by atoms with Crippen LogP contribution in [-0.2, 0) is 19.8 Å². The van der Waals surface area contributed by atoms with E-state index in [1.54, 1.807) is 31.3 Å². The van der Waals surface area contributed by atoms with Crippen LogP contribution in [0.25, 0.3) is 11.1 Å². The van der Waals surface area contributed by atoms with Crippen molar-refractivity contribution in [1.29, 1.82) is 0 Å². The SMILES string of the molecule is CCOC(=O)c1c(-c2c(Cl)cccc2Cl)c[nH]c1C(C)(C)OCOC. The molecule has 0 radical (unpaired) electrons. The highest BCUT2D eigenvalue weighted by molar-refractivity contribution is 6.39. The Hall–Kier alpha value is -1.53. The van der Waals surface area contributed by atoms with Gasteiger partial charge in [0, 0.05) is 34.5 Å². The Morgan fingerprint density at radius 2 is 1.88 bits per heavy atom. The number of carbonyl (C=O) groups excluding carboxylic acids is 1. The van der Waals surface area contributed by atoms with Crippen LogP contribution in [0.4, 0.5) is 0 Å². The van der Waals surface area contributed by atoms with Crippen molar-refractivity contribution in [2.45, 2.75) is 26.4 Å². The molecule has 25 heavy (non-hydrogen) atoms. The fourth-order valence-electron chi connectivity index (χ4n) is 2.54. The quantitative estimate of drug-likeness (QED) is 0.536. The Labute approximate surface area is 157 Å². The smallest absolute Gasteiger partial charge is 0.340 e. The maximum atomic E-state index is 12.6. The number of halogens is 2. The van der Waals surface area contributed by atoms with E-state index in [1.165, 1.54) is 7.11 Å². The van der Waals surface area contributed by atoms with Gasteiger partial charge in [0.15, 0.2) is 0 Å². The van der Waals surface area contributed by atoms with E-state index in [1.807, 2.05) is 13.8 Å².